The van der Waals surface area contributed by atoms with Gasteiger partial charge in [0.1, 0.15) is 0 Å². The van der Waals surface area contributed by atoms with E-state index in [1.807, 2.05) is 4.90 Å². The Bertz CT molecular complexity index is 1160. The van der Waals surface area contributed by atoms with E-state index in [1.54, 1.807) is 29.2 Å². The van der Waals surface area contributed by atoms with E-state index in [0.29, 0.717) is 11.1 Å². The molecule has 2 aliphatic rings. The van der Waals surface area contributed by atoms with Gasteiger partial charge < -0.3 is 9.80 Å². The maximum absolute atomic E-state index is 13.1. The molecule has 0 saturated carbocycles. The Labute approximate surface area is 203 Å². The van der Waals surface area contributed by atoms with Crippen LogP contribution in [0.15, 0.2) is 47.4 Å². The molecule has 2 saturated heterocycles. The van der Waals surface area contributed by atoms with Gasteiger partial charge in [0.2, 0.25) is 10.0 Å². The van der Waals surface area contributed by atoms with Crippen molar-refractivity contribution in [3.05, 3.63) is 63.6 Å². The van der Waals surface area contributed by atoms with E-state index in [4.69, 9.17) is 23.2 Å². The molecule has 2 heterocycles. The van der Waals surface area contributed by atoms with Crippen molar-refractivity contribution in [2.24, 2.45) is 0 Å². The van der Waals surface area contributed by atoms with E-state index in [1.165, 1.54) is 22.5 Å². The lowest BCUT2D eigenvalue weighted by atomic mass is 10.1. The maximum atomic E-state index is 13.1. The van der Waals surface area contributed by atoms with Crippen molar-refractivity contribution in [1.29, 1.82) is 0 Å². The number of piperazine rings is 1. The maximum Gasteiger partial charge on any atom is 0.253 e. The molecule has 10 heteroatoms. The molecule has 0 bridgehead atoms. The van der Waals surface area contributed by atoms with E-state index >= 15 is 0 Å². The third kappa shape index (κ3) is 5.19. The Balaban J connectivity index is 1.42. The van der Waals surface area contributed by atoms with Crippen LogP contribution in [0.25, 0.3) is 0 Å². The molecule has 33 heavy (non-hydrogen) atoms. The van der Waals surface area contributed by atoms with Gasteiger partial charge in [0.15, 0.2) is 0 Å². The van der Waals surface area contributed by atoms with Crippen LogP contribution in [0.4, 0.5) is 0 Å². The zero-order valence-electron chi connectivity index (χ0n) is 18.0. The van der Waals surface area contributed by atoms with Crippen LogP contribution in [0.5, 0.6) is 0 Å². The Kier molecular flexibility index (Phi) is 7.28. The van der Waals surface area contributed by atoms with Crippen LogP contribution in [-0.2, 0) is 10.0 Å². The topological polar surface area (TPSA) is 78.0 Å². The quantitative estimate of drug-likeness (QED) is 0.628. The summed E-state index contributed by atoms with van der Waals surface area (Å²) in [7, 11) is -3.74. The second kappa shape index (κ2) is 10.0. The molecule has 0 unspecified atom stereocenters. The summed E-state index contributed by atoms with van der Waals surface area (Å²) in [5.41, 5.74) is 0.933. The summed E-state index contributed by atoms with van der Waals surface area (Å²) in [4.78, 5) is 29.4. The number of carbonyl (C=O) groups is 2. The first-order chi connectivity index (χ1) is 15.8. The van der Waals surface area contributed by atoms with Gasteiger partial charge in [0.25, 0.3) is 11.8 Å². The monoisotopic (exact) mass is 509 g/mol. The molecule has 0 aromatic heterocycles. The molecule has 176 valence electrons. The summed E-state index contributed by atoms with van der Waals surface area (Å²) in [5, 5.41) is 0.456. The van der Waals surface area contributed by atoms with Gasteiger partial charge >= 0.3 is 0 Å². The summed E-state index contributed by atoms with van der Waals surface area (Å²) >= 11 is 11.9. The van der Waals surface area contributed by atoms with Crippen LogP contribution in [0, 0.1) is 0 Å². The Morgan fingerprint density at radius 1 is 0.697 bits per heavy atom. The van der Waals surface area contributed by atoms with Crippen LogP contribution in [-0.4, -0.2) is 73.6 Å². The predicted octanol–water partition coefficient (Wildman–Crippen LogP) is 3.77. The smallest absolute Gasteiger partial charge is 0.253 e. The molecule has 0 N–H and O–H groups in total. The summed E-state index contributed by atoms with van der Waals surface area (Å²) in [6.07, 6.45) is 3.13. The Hall–Kier alpha value is -2.13. The average Bonchev–Trinajstić information content (AvgIpc) is 2.85. The predicted molar refractivity (Wildman–Crippen MR) is 127 cm³/mol. The molecule has 0 atom stereocenters. The number of amides is 2. The minimum Gasteiger partial charge on any atom is -0.339 e. The normalized spacial score (nSPS) is 17.8. The molecular weight excluding hydrogens is 485 g/mol. The molecule has 2 aromatic rings. The SMILES string of the molecule is O=C(c1cccc(C(=O)N2CCN(S(=O)(=O)c3ccc(Cl)c(Cl)c3)CC2)c1)N1CCCCC1. The van der Waals surface area contributed by atoms with Crippen LogP contribution in [0.2, 0.25) is 10.0 Å². The zero-order valence-corrected chi connectivity index (χ0v) is 20.4. The highest BCUT2D eigenvalue weighted by Gasteiger charge is 2.31. The number of nitrogens with zero attached hydrogens (tertiary/aromatic N) is 3. The fourth-order valence-electron chi connectivity index (χ4n) is 4.17. The van der Waals surface area contributed by atoms with Crippen LogP contribution < -0.4 is 0 Å². The first kappa shape index (κ1) is 24.0. The number of piperidine rings is 1. The highest BCUT2D eigenvalue weighted by atomic mass is 35.5. The minimum absolute atomic E-state index is 0.0538. The minimum atomic E-state index is -3.74. The lowest BCUT2D eigenvalue weighted by molar-refractivity contribution is 0.0697. The van der Waals surface area contributed by atoms with Crippen LogP contribution in [0.3, 0.4) is 0 Å². The van der Waals surface area contributed by atoms with Crippen LogP contribution >= 0.6 is 23.2 Å². The number of hydrogen-bond acceptors (Lipinski definition) is 4. The molecule has 4 rings (SSSR count). The molecule has 0 radical (unpaired) electrons. The van der Waals surface area contributed by atoms with Crippen molar-refractivity contribution in [2.45, 2.75) is 24.2 Å². The van der Waals surface area contributed by atoms with E-state index in [-0.39, 0.29) is 52.9 Å². The summed E-state index contributed by atoms with van der Waals surface area (Å²) in [5.74, 6) is -0.267. The lowest BCUT2D eigenvalue weighted by Crippen LogP contribution is -2.50. The molecule has 0 spiro atoms. The van der Waals surface area contributed by atoms with Crippen molar-refractivity contribution >= 4 is 45.0 Å². The van der Waals surface area contributed by atoms with E-state index in [2.05, 4.69) is 0 Å². The number of likely N-dealkylation sites (tertiary alicyclic amines) is 1. The summed E-state index contributed by atoms with van der Waals surface area (Å²) < 4.78 is 27.2. The second-order valence-corrected chi connectivity index (χ2v) is 11.0. The average molecular weight is 510 g/mol. The van der Waals surface area contributed by atoms with E-state index in [0.717, 1.165) is 32.4 Å². The van der Waals surface area contributed by atoms with Crippen molar-refractivity contribution in [2.75, 3.05) is 39.3 Å². The van der Waals surface area contributed by atoms with Gasteiger partial charge in [-0.15, -0.1) is 0 Å². The zero-order chi connectivity index (χ0) is 23.6. The molecule has 7 nitrogen and oxygen atoms in total. The molecule has 2 aromatic carbocycles. The van der Waals surface area contributed by atoms with Gasteiger partial charge in [0, 0.05) is 50.4 Å². The summed E-state index contributed by atoms with van der Waals surface area (Å²) in [6, 6.07) is 11.0. The molecule has 2 aliphatic heterocycles. The van der Waals surface area contributed by atoms with Gasteiger partial charge in [-0.05, 0) is 55.7 Å². The highest BCUT2D eigenvalue weighted by molar-refractivity contribution is 7.89. The number of hydrogen-bond donors (Lipinski definition) is 0. The van der Waals surface area contributed by atoms with Crippen LogP contribution in [0.1, 0.15) is 40.0 Å². The second-order valence-electron chi connectivity index (χ2n) is 8.21. The number of carbonyl (C=O) groups excluding carboxylic acids is 2. The number of benzene rings is 2. The van der Waals surface area contributed by atoms with Crippen molar-refractivity contribution in [1.82, 2.24) is 14.1 Å². The Morgan fingerprint density at radius 3 is 1.85 bits per heavy atom. The lowest BCUT2D eigenvalue weighted by Gasteiger charge is -2.34. The first-order valence-corrected chi connectivity index (χ1v) is 13.1. The fourth-order valence-corrected chi connectivity index (χ4v) is 5.98. The van der Waals surface area contributed by atoms with Gasteiger partial charge in [0.05, 0.1) is 14.9 Å². The van der Waals surface area contributed by atoms with Crippen molar-refractivity contribution < 1.29 is 18.0 Å². The molecular formula is C23H25Cl2N3O4S. The van der Waals surface area contributed by atoms with E-state index < -0.39 is 10.0 Å². The largest absolute Gasteiger partial charge is 0.339 e. The molecule has 2 fully saturated rings. The van der Waals surface area contributed by atoms with Gasteiger partial charge in [-0.25, -0.2) is 8.42 Å². The first-order valence-electron chi connectivity index (χ1n) is 10.9. The third-order valence-electron chi connectivity index (χ3n) is 6.05. The number of rotatable bonds is 4. The molecule has 2 amide bonds. The molecule has 0 aliphatic carbocycles. The highest BCUT2D eigenvalue weighted by Crippen LogP contribution is 2.27. The number of sulfonamides is 1. The summed E-state index contributed by atoms with van der Waals surface area (Å²) in [6.45, 7) is 2.33. The van der Waals surface area contributed by atoms with Crippen molar-refractivity contribution in [3.8, 4) is 0 Å². The van der Waals surface area contributed by atoms with Crippen molar-refractivity contribution in [3.63, 3.8) is 0 Å². The van der Waals surface area contributed by atoms with Gasteiger partial charge in [-0.1, -0.05) is 29.3 Å². The Morgan fingerprint density at radius 2 is 1.27 bits per heavy atom. The third-order valence-corrected chi connectivity index (χ3v) is 8.69. The number of halogens is 2. The standard InChI is InChI=1S/C23H25Cl2N3O4S/c24-20-8-7-19(16-21(20)25)33(31,32)28-13-11-27(12-14-28)23(30)18-6-4-5-17(15-18)22(29)26-9-2-1-3-10-26/h4-8,15-16H,1-3,9-14H2. The van der Waals surface area contributed by atoms with E-state index in [9.17, 15) is 18.0 Å². The van der Waals surface area contributed by atoms with Gasteiger partial charge in [-0.2, -0.15) is 4.31 Å². The fraction of sp³-hybridized carbons (Fsp3) is 0.391. The van der Waals surface area contributed by atoms with Gasteiger partial charge in [-0.3, -0.25) is 9.59 Å².